The average molecular weight is 263 g/mol. The molecule has 1 aromatic heterocycles. The fraction of sp³-hybridized carbons (Fsp3) is 0.267. The van der Waals surface area contributed by atoms with Crippen LogP contribution in [0.4, 0.5) is 0 Å². The van der Waals surface area contributed by atoms with Crippen molar-refractivity contribution >= 4 is 0 Å². The zero-order valence-electron chi connectivity index (χ0n) is 10.9. The Hall–Kier alpha value is -2.63. The van der Waals surface area contributed by atoms with E-state index in [0.29, 0.717) is 17.2 Å². The number of nitrogens with zero attached hydrogens (tertiary/aromatic N) is 5. The highest BCUT2D eigenvalue weighted by molar-refractivity contribution is 5.31. The van der Waals surface area contributed by atoms with Gasteiger partial charge in [0.25, 0.3) is 0 Å². The summed E-state index contributed by atoms with van der Waals surface area (Å²) in [6.07, 6.45) is 3.40. The Morgan fingerprint density at radius 1 is 1.10 bits per heavy atom. The summed E-state index contributed by atoms with van der Waals surface area (Å²) < 4.78 is 1.87. The Labute approximate surface area is 117 Å². The molecule has 0 radical (unpaired) electrons. The van der Waals surface area contributed by atoms with Crippen molar-refractivity contribution < 1.29 is 0 Å². The zero-order chi connectivity index (χ0) is 13.9. The zero-order valence-corrected chi connectivity index (χ0v) is 10.9. The van der Waals surface area contributed by atoms with Gasteiger partial charge in [-0.05, 0) is 17.7 Å². The molecule has 0 spiro atoms. The predicted molar refractivity (Wildman–Crippen MR) is 72.4 cm³/mol. The molecule has 98 valence electrons. The van der Waals surface area contributed by atoms with Crippen molar-refractivity contribution in [1.29, 1.82) is 10.5 Å². The van der Waals surface area contributed by atoms with Crippen molar-refractivity contribution in [1.82, 2.24) is 14.7 Å². The highest BCUT2D eigenvalue weighted by Gasteiger charge is 2.28. The number of rotatable bonds is 3. The average Bonchev–Trinajstić information content (AvgIpc) is 2.91. The number of benzene rings is 1. The van der Waals surface area contributed by atoms with Gasteiger partial charge in [-0.25, -0.2) is 0 Å². The van der Waals surface area contributed by atoms with Crippen LogP contribution in [-0.4, -0.2) is 27.8 Å². The Balaban J connectivity index is 1.55. The summed E-state index contributed by atoms with van der Waals surface area (Å²) in [7, 11) is 0. The van der Waals surface area contributed by atoms with E-state index in [-0.39, 0.29) is 0 Å². The number of hydrogen-bond acceptors (Lipinski definition) is 4. The van der Waals surface area contributed by atoms with Crippen LogP contribution in [0, 0.1) is 22.7 Å². The third-order valence-electron chi connectivity index (χ3n) is 3.53. The molecule has 1 saturated heterocycles. The number of aromatic nitrogens is 2. The van der Waals surface area contributed by atoms with Crippen molar-refractivity contribution in [2.24, 2.45) is 0 Å². The van der Waals surface area contributed by atoms with Crippen molar-refractivity contribution in [3.05, 3.63) is 53.3 Å². The second kappa shape index (κ2) is 5.16. The topological polar surface area (TPSA) is 68.6 Å². The highest BCUT2D eigenvalue weighted by atomic mass is 15.4. The molecule has 3 rings (SSSR count). The molecule has 0 atom stereocenters. The van der Waals surface area contributed by atoms with Crippen LogP contribution in [0.3, 0.4) is 0 Å². The van der Waals surface area contributed by atoms with Gasteiger partial charge < -0.3 is 0 Å². The lowest BCUT2D eigenvalue weighted by atomic mass is 10.1. The summed E-state index contributed by atoms with van der Waals surface area (Å²) in [5.41, 5.74) is 2.51. The minimum atomic E-state index is 0.357. The summed E-state index contributed by atoms with van der Waals surface area (Å²) in [6, 6.07) is 12.2. The molecule has 0 aliphatic carbocycles. The number of nitriles is 2. The van der Waals surface area contributed by atoms with Crippen molar-refractivity contribution in [3.8, 4) is 12.1 Å². The third-order valence-corrected chi connectivity index (χ3v) is 3.53. The lowest BCUT2D eigenvalue weighted by Crippen LogP contribution is -2.47. The van der Waals surface area contributed by atoms with Crippen LogP contribution in [-0.2, 0) is 6.54 Å². The fourth-order valence-electron chi connectivity index (χ4n) is 2.38. The largest absolute Gasteiger partial charge is 0.295 e. The molecule has 0 saturated carbocycles. The molecule has 20 heavy (non-hydrogen) atoms. The van der Waals surface area contributed by atoms with Gasteiger partial charge in [0.15, 0.2) is 0 Å². The van der Waals surface area contributed by atoms with E-state index >= 15 is 0 Å². The molecule has 1 aliphatic rings. The van der Waals surface area contributed by atoms with E-state index < -0.39 is 0 Å². The van der Waals surface area contributed by atoms with Crippen LogP contribution < -0.4 is 0 Å². The number of likely N-dealkylation sites (tertiary alicyclic amines) is 1. The van der Waals surface area contributed by atoms with Crippen LogP contribution in [0.25, 0.3) is 0 Å². The SMILES string of the molecule is N#Cc1ccc(CN2CC(n3cc(C#N)cn3)C2)cc1. The second-order valence-corrected chi connectivity index (χ2v) is 4.98. The van der Waals surface area contributed by atoms with Gasteiger partial charge in [-0.15, -0.1) is 0 Å². The molecule has 0 N–H and O–H groups in total. The standard InChI is InChI=1S/C15H13N5/c16-5-12-1-3-13(4-2-12)8-19-10-15(11-19)20-9-14(6-17)7-18-20/h1-4,7,9,15H,8,10-11H2. The predicted octanol–water partition coefficient (Wildman–Crippen LogP) is 1.68. The van der Waals surface area contributed by atoms with Gasteiger partial charge in [0.05, 0.1) is 29.4 Å². The molecule has 5 nitrogen and oxygen atoms in total. The Bertz CT molecular complexity index is 680. The third kappa shape index (κ3) is 2.40. The van der Waals surface area contributed by atoms with E-state index in [1.54, 1.807) is 12.4 Å². The van der Waals surface area contributed by atoms with Gasteiger partial charge in [0, 0.05) is 25.8 Å². The summed E-state index contributed by atoms with van der Waals surface area (Å²) in [6.45, 7) is 2.76. The van der Waals surface area contributed by atoms with E-state index in [0.717, 1.165) is 19.6 Å². The highest BCUT2D eigenvalue weighted by Crippen LogP contribution is 2.22. The normalized spacial score (nSPS) is 15.3. The fourth-order valence-corrected chi connectivity index (χ4v) is 2.38. The van der Waals surface area contributed by atoms with E-state index in [1.165, 1.54) is 5.56 Å². The number of hydrogen-bond donors (Lipinski definition) is 0. The van der Waals surface area contributed by atoms with Gasteiger partial charge in [-0.1, -0.05) is 12.1 Å². The molecule has 1 aromatic carbocycles. The maximum Gasteiger partial charge on any atom is 0.102 e. The summed E-state index contributed by atoms with van der Waals surface area (Å²) in [5, 5.41) is 21.7. The van der Waals surface area contributed by atoms with Crippen molar-refractivity contribution in [3.63, 3.8) is 0 Å². The van der Waals surface area contributed by atoms with Gasteiger partial charge >= 0.3 is 0 Å². The lowest BCUT2D eigenvalue weighted by Gasteiger charge is -2.39. The minimum absolute atomic E-state index is 0.357. The lowest BCUT2D eigenvalue weighted by molar-refractivity contribution is 0.0909. The summed E-state index contributed by atoms with van der Waals surface area (Å²) in [5.74, 6) is 0. The van der Waals surface area contributed by atoms with Gasteiger partial charge in [-0.2, -0.15) is 15.6 Å². The smallest absolute Gasteiger partial charge is 0.102 e. The molecule has 0 unspecified atom stereocenters. The Kier molecular flexibility index (Phi) is 3.20. The summed E-state index contributed by atoms with van der Waals surface area (Å²) in [4.78, 5) is 2.32. The first-order valence-electron chi connectivity index (χ1n) is 6.44. The molecule has 0 amide bonds. The quantitative estimate of drug-likeness (QED) is 0.845. The van der Waals surface area contributed by atoms with Crippen LogP contribution >= 0.6 is 0 Å². The van der Waals surface area contributed by atoms with Gasteiger partial charge in [0.2, 0.25) is 0 Å². The first kappa shape index (κ1) is 12.4. The van der Waals surface area contributed by atoms with E-state index in [9.17, 15) is 0 Å². The van der Waals surface area contributed by atoms with Crippen LogP contribution in [0.5, 0.6) is 0 Å². The molecule has 1 fully saturated rings. The minimum Gasteiger partial charge on any atom is -0.295 e. The molecular formula is C15H13N5. The van der Waals surface area contributed by atoms with Crippen molar-refractivity contribution in [2.75, 3.05) is 13.1 Å². The molecule has 1 aliphatic heterocycles. The molecule has 2 aromatic rings. The van der Waals surface area contributed by atoms with Crippen LogP contribution in [0.2, 0.25) is 0 Å². The van der Waals surface area contributed by atoms with Gasteiger partial charge in [-0.3, -0.25) is 9.58 Å². The monoisotopic (exact) mass is 263 g/mol. The first-order valence-corrected chi connectivity index (χ1v) is 6.44. The first-order chi connectivity index (χ1) is 9.78. The Morgan fingerprint density at radius 3 is 2.40 bits per heavy atom. The van der Waals surface area contributed by atoms with Gasteiger partial charge in [0.1, 0.15) is 6.07 Å². The van der Waals surface area contributed by atoms with E-state index in [2.05, 4.69) is 22.1 Å². The molecule has 0 bridgehead atoms. The van der Waals surface area contributed by atoms with Crippen LogP contribution in [0.15, 0.2) is 36.7 Å². The van der Waals surface area contributed by atoms with E-state index in [1.807, 2.05) is 28.9 Å². The van der Waals surface area contributed by atoms with Crippen LogP contribution in [0.1, 0.15) is 22.7 Å². The summed E-state index contributed by atoms with van der Waals surface area (Å²) >= 11 is 0. The molecular weight excluding hydrogens is 250 g/mol. The van der Waals surface area contributed by atoms with E-state index in [4.69, 9.17) is 10.5 Å². The Morgan fingerprint density at radius 2 is 1.80 bits per heavy atom. The van der Waals surface area contributed by atoms with Crippen molar-refractivity contribution in [2.45, 2.75) is 12.6 Å². The maximum absolute atomic E-state index is 8.78. The molecule has 5 heteroatoms. The molecule has 2 heterocycles. The maximum atomic E-state index is 8.78. The second-order valence-electron chi connectivity index (χ2n) is 4.98.